The summed E-state index contributed by atoms with van der Waals surface area (Å²) in [6, 6.07) is 12.3. The first-order valence-corrected chi connectivity index (χ1v) is 8.90. The smallest absolute Gasteiger partial charge is 0.257 e. The second-order valence-electron chi connectivity index (χ2n) is 6.92. The fourth-order valence-electron chi connectivity index (χ4n) is 4.15. The molecule has 0 radical (unpaired) electrons. The summed E-state index contributed by atoms with van der Waals surface area (Å²) in [5.74, 6) is -0.0147. The van der Waals surface area contributed by atoms with Crippen molar-refractivity contribution in [3.8, 4) is 0 Å². The van der Waals surface area contributed by atoms with E-state index in [2.05, 4.69) is 29.2 Å². The lowest BCUT2D eigenvalue weighted by Gasteiger charge is -2.45. The summed E-state index contributed by atoms with van der Waals surface area (Å²) in [4.78, 5) is 19.1. The third-order valence-electron chi connectivity index (χ3n) is 5.47. The van der Waals surface area contributed by atoms with Crippen molar-refractivity contribution in [2.45, 2.75) is 37.3 Å². The topological polar surface area (TPSA) is 68.5 Å². The van der Waals surface area contributed by atoms with Crippen LogP contribution in [0.25, 0.3) is 0 Å². The Kier molecular flexibility index (Phi) is 4.17. The van der Waals surface area contributed by atoms with Crippen molar-refractivity contribution in [2.24, 2.45) is 0 Å². The maximum atomic E-state index is 13.0. The quantitative estimate of drug-likeness (QED) is 0.915. The molecule has 2 fully saturated rings. The minimum atomic E-state index is -0.278. The maximum Gasteiger partial charge on any atom is 0.257 e. The van der Waals surface area contributed by atoms with Crippen molar-refractivity contribution in [3.63, 3.8) is 0 Å². The number of benzene rings is 1. The summed E-state index contributed by atoms with van der Waals surface area (Å²) >= 11 is 0. The van der Waals surface area contributed by atoms with E-state index in [4.69, 9.17) is 10.5 Å². The summed E-state index contributed by atoms with van der Waals surface area (Å²) in [5, 5.41) is 0. The first-order valence-electron chi connectivity index (χ1n) is 8.90. The van der Waals surface area contributed by atoms with Crippen LogP contribution in [0.1, 0.15) is 41.6 Å². The molecule has 2 N–H and O–H groups in total. The van der Waals surface area contributed by atoms with Crippen molar-refractivity contribution in [3.05, 3.63) is 59.9 Å². The third kappa shape index (κ3) is 2.89. The highest BCUT2D eigenvalue weighted by Gasteiger charge is 2.45. The predicted octanol–water partition coefficient (Wildman–Crippen LogP) is 2.97. The molecule has 2 aliphatic rings. The molecule has 0 aliphatic carbocycles. The number of hydrogen-bond acceptors (Lipinski definition) is 4. The number of piperidine rings is 1. The molecule has 2 bridgehead atoms. The molecule has 3 heterocycles. The summed E-state index contributed by atoms with van der Waals surface area (Å²) in [6.07, 6.45) is 6.75. The molecule has 1 aromatic carbocycles. The van der Waals surface area contributed by atoms with Gasteiger partial charge in [0.1, 0.15) is 0 Å². The highest BCUT2D eigenvalue weighted by molar-refractivity contribution is 5.99. The van der Waals surface area contributed by atoms with Gasteiger partial charge in [-0.3, -0.25) is 9.78 Å². The third-order valence-corrected chi connectivity index (χ3v) is 5.47. The van der Waals surface area contributed by atoms with Crippen molar-refractivity contribution in [2.75, 3.05) is 18.9 Å². The number of ether oxygens (including phenoxy) is 1. The minimum absolute atomic E-state index is 0.0147. The van der Waals surface area contributed by atoms with Crippen LogP contribution in [0.5, 0.6) is 0 Å². The summed E-state index contributed by atoms with van der Waals surface area (Å²) < 4.78 is 6.33. The van der Waals surface area contributed by atoms with Crippen LogP contribution >= 0.6 is 0 Å². The molecule has 5 nitrogen and oxygen atoms in total. The van der Waals surface area contributed by atoms with E-state index in [1.165, 1.54) is 5.56 Å². The minimum Gasteiger partial charge on any atom is -0.398 e. The molecule has 2 aliphatic heterocycles. The Hall–Kier alpha value is -2.40. The van der Waals surface area contributed by atoms with Crippen LogP contribution in [0.4, 0.5) is 5.69 Å². The van der Waals surface area contributed by atoms with E-state index < -0.39 is 0 Å². The first-order chi connectivity index (χ1) is 12.2. The highest BCUT2D eigenvalue weighted by Crippen LogP contribution is 2.43. The van der Waals surface area contributed by atoms with Gasteiger partial charge in [-0.2, -0.15) is 0 Å². The largest absolute Gasteiger partial charge is 0.398 e. The lowest BCUT2D eigenvalue weighted by molar-refractivity contribution is -0.0831. The Labute approximate surface area is 147 Å². The Morgan fingerprint density at radius 3 is 2.92 bits per heavy atom. The van der Waals surface area contributed by atoms with Gasteiger partial charge < -0.3 is 15.4 Å². The predicted molar refractivity (Wildman–Crippen MR) is 96.0 cm³/mol. The van der Waals surface area contributed by atoms with Crippen molar-refractivity contribution < 1.29 is 9.53 Å². The van der Waals surface area contributed by atoms with Gasteiger partial charge in [-0.1, -0.05) is 30.3 Å². The van der Waals surface area contributed by atoms with E-state index >= 15 is 0 Å². The summed E-state index contributed by atoms with van der Waals surface area (Å²) in [6.45, 7) is 1.41. The van der Waals surface area contributed by atoms with Crippen LogP contribution in [-0.4, -0.2) is 35.0 Å². The van der Waals surface area contributed by atoms with Gasteiger partial charge >= 0.3 is 0 Å². The number of nitrogens with zero attached hydrogens (tertiary/aromatic N) is 2. The van der Waals surface area contributed by atoms with Gasteiger partial charge in [-0.25, -0.2) is 0 Å². The average molecular weight is 337 g/mol. The zero-order valence-electron chi connectivity index (χ0n) is 14.2. The molecule has 2 unspecified atom stereocenters. The summed E-state index contributed by atoms with van der Waals surface area (Å²) in [5.41, 5.74) is 7.92. The van der Waals surface area contributed by atoms with E-state index in [0.717, 1.165) is 32.3 Å². The second kappa shape index (κ2) is 6.48. The van der Waals surface area contributed by atoms with Crippen LogP contribution in [-0.2, 0) is 10.3 Å². The van der Waals surface area contributed by atoms with E-state index in [9.17, 15) is 4.79 Å². The van der Waals surface area contributed by atoms with Gasteiger partial charge in [0, 0.05) is 43.7 Å². The van der Waals surface area contributed by atoms with Gasteiger partial charge in [0.25, 0.3) is 5.91 Å². The zero-order valence-corrected chi connectivity index (χ0v) is 14.2. The van der Waals surface area contributed by atoms with E-state index in [-0.39, 0.29) is 17.6 Å². The molecule has 1 amide bonds. The van der Waals surface area contributed by atoms with Gasteiger partial charge in [0.15, 0.2) is 0 Å². The Morgan fingerprint density at radius 1 is 1.28 bits per heavy atom. The molecule has 2 aromatic rings. The highest BCUT2D eigenvalue weighted by atomic mass is 16.5. The van der Waals surface area contributed by atoms with Crippen LogP contribution in [0.3, 0.4) is 0 Å². The molecule has 4 rings (SSSR count). The number of nitrogens with two attached hydrogens (primary N) is 1. The molecule has 130 valence electrons. The van der Waals surface area contributed by atoms with Gasteiger partial charge in [0.2, 0.25) is 0 Å². The number of anilines is 1. The van der Waals surface area contributed by atoms with Gasteiger partial charge in [0.05, 0.1) is 11.2 Å². The lowest BCUT2D eigenvalue weighted by atomic mass is 9.80. The van der Waals surface area contributed by atoms with E-state index in [1.54, 1.807) is 18.5 Å². The Bertz CT molecular complexity index is 765. The fourth-order valence-corrected chi connectivity index (χ4v) is 4.15. The first kappa shape index (κ1) is 16.1. The number of carbonyl (C=O) groups is 1. The Morgan fingerprint density at radius 2 is 2.12 bits per heavy atom. The number of aromatic nitrogens is 1. The van der Waals surface area contributed by atoms with Crippen molar-refractivity contribution >= 4 is 11.6 Å². The average Bonchev–Trinajstić information content (AvgIpc) is 2.82. The lowest BCUT2D eigenvalue weighted by Crippen LogP contribution is -2.51. The van der Waals surface area contributed by atoms with Crippen LogP contribution in [0.15, 0.2) is 48.8 Å². The molecule has 2 atom stereocenters. The SMILES string of the molecule is Nc1ccncc1C(=O)N1CCC2(c3ccccc3)CC1CCCO2. The number of carbonyl (C=O) groups excluding carboxylic acids is 1. The molecule has 2 saturated heterocycles. The number of rotatable bonds is 2. The number of nitrogen functional groups attached to an aromatic ring is 1. The maximum absolute atomic E-state index is 13.0. The number of pyridine rings is 1. The summed E-state index contributed by atoms with van der Waals surface area (Å²) in [7, 11) is 0. The fraction of sp³-hybridized carbons (Fsp3) is 0.400. The van der Waals surface area contributed by atoms with Crippen LogP contribution < -0.4 is 5.73 Å². The molecule has 0 spiro atoms. The normalized spacial score (nSPS) is 26.1. The number of likely N-dealkylation sites (tertiary alicyclic amines) is 1. The molecule has 25 heavy (non-hydrogen) atoms. The van der Waals surface area contributed by atoms with E-state index in [0.29, 0.717) is 17.8 Å². The molecular formula is C20H23N3O2. The number of fused-ring (bicyclic) bond motifs is 2. The van der Waals surface area contributed by atoms with Gasteiger partial charge in [-0.15, -0.1) is 0 Å². The van der Waals surface area contributed by atoms with Crippen LogP contribution in [0.2, 0.25) is 0 Å². The van der Waals surface area contributed by atoms with Crippen LogP contribution in [0, 0.1) is 0 Å². The number of hydrogen-bond donors (Lipinski definition) is 1. The Balaban J connectivity index is 1.63. The van der Waals surface area contributed by atoms with Crippen molar-refractivity contribution in [1.82, 2.24) is 9.88 Å². The monoisotopic (exact) mass is 337 g/mol. The zero-order chi connectivity index (χ0) is 17.3. The molecule has 0 saturated carbocycles. The second-order valence-corrected chi connectivity index (χ2v) is 6.92. The molecule has 5 heteroatoms. The van der Waals surface area contributed by atoms with Crippen molar-refractivity contribution in [1.29, 1.82) is 0 Å². The van der Waals surface area contributed by atoms with Gasteiger partial charge in [-0.05, 0) is 30.9 Å². The standard InChI is InChI=1S/C20H23N3O2/c21-18-8-10-22-14-17(18)19(24)23-11-9-20(15-5-2-1-3-6-15)13-16(23)7-4-12-25-20/h1-3,5-6,8,10,14,16H,4,7,9,11-13H2,(H2,21,22). The molecule has 1 aromatic heterocycles. The number of amides is 1. The molecular weight excluding hydrogens is 314 g/mol. The van der Waals surface area contributed by atoms with E-state index in [1.807, 2.05) is 11.0 Å².